The summed E-state index contributed by atoms with van der Waals surface area (Å²) in [7, 11) is 0. The number of likely N-dealkylation sites (tertiary alicyclic amines) is 1. The van der Waals surface area contributed by atoms with E-state index in [0.29, 0.717) is 35.4 Å². The van der Waals surface area contributed by atoms with Crippen molar-refractivity contribution in [2.45, 2.75) is 25.6 Å². The van der Waals surface area contributed by atoms with Gasteiger partial charge in [0.1, 0.15) is 16.4 Å². The molecule has 3 heterocycles. The molecule has 1 atom stereocenters. The number of halogens is 4. The van der Waals surface area contributed by atoms with Crippen LogP contribution in [0.15, 0.2) is 17.0 Å². The Morgan fingerprint density at radius 1 is 1.41 bits per heavy atom. The molecule has 0 aromatic carbocycles. The van der Waals surface area contributed by atoms with E-state index >= 15 is 0 Å². The van der Waals surface area contributed by atoms with Crippen molar-refractivity contribution < 1.29 is 13.2 Å². The zero-order chi connectivity index (χ0) is 15.9. The lowest BCUT2D eigenvalue weighted by Crippen LogP contribution is -2.41. The van der Waals surface area contributed by atoms with E-state index < -0.39 is 12.1 Å². The first-order valence-corrected chi connectivity index (χ1v) is 7.71. The first-order chi connectivity index (χ1) is 10.4. The SMILES string of the molecule is Nc1ncnn2c(Br)cc(CN3CCCC(C(F)(F)F)C3)c12. The van der Waals surface area contributed by atoms with E-state index in [9.17, 15) is 13.2 Å². The topological polar surface area (TPSA) is 59.4 Å². The Labute approximate surface area is 133 Å². The van der Waals surface area contributed by atoms with Crippen molar-refractivity contribution in [2.75, 3.05) is 18.8 Å². The minimum Gasteiger partial charge on any atom is -0.382 e. The third-order valence-corrected chi connectivity index (χ3v) is 4.55. The zero-order valence-corrected chi connectivity index (χ0v) is 13.2. The highest BCUT2D eigenvalue weighted by atomic mass is 79.9. The predicted octanol–water partition coefficient (Wildman–Crippen LogP) is 2.85. The van der Waals surface area contributed by atoms with Gasteiger partial charge in [-0.3, -0.25) is 4.90 Å². The second kappa shape index (κ2) is 5.69. The van der Waals surface area contributed by atoms with Crippen LogP contribution >= 0.6 is 15.9 Å². The second-order valence-corrected chi connectivity index (χ2v) is 6.33. The molecule has 0 bridgehead atoms. The van der Waals surface area contributed by atoms with E-state index in [1.54, 1.807) is 4.52 Å². The molecule has 1 aliphatic rings. The summed E-state index contributed by atoms with van der Waals surface area (Å²) in [6.45, 7) is 1.07. The molecule has 1 aliphatic heterocycles. The molecule has 0 saturated carbocycles. The van der Waals surface area contributed by atoms with Crippen LogP contribution in [0.5, 0.6) is 0 Å². The van der Waals surface area contributed by atoms with Gasteiger partial charge in [0.05, 0.1) is 5.92 Å². The highest BCUT2D eigenvalue weighted by Crippen LogP contribution is 2.34. The molecule has 120 valence electrons. The van der Waals surface area contributed by atoms with Crippen LogP contribution in [-0.2, 0) is 6.54 Å². The van der Waals surface area contributed by atoms with Crippen molar-refractivity contribution in [3.05, 3.63) is 22.6 Å². The summed E-state index contributed by atoms with van der Waals surface area (Å²) in [4.78, 5) is 5.77. The normalized spacial score (nSPS) is 20.6. The average molecular weight is 378 g/mol. The number of piperidine rings is 1. The molecular weight excluding hydrogens is 363 g/mol. The fourth-order valence-corrected chi connectivity index (χ4v) is 3.48. The van der Waals surface area contributed by atoms with Crippen molar-refractivity contribution in [3.63, 3.8) is 0 Å². The summed E-state index contributed by atoms with van der Waals surface area (Å²) < 4.78 is 41.0. The van der Waals surface area contributed by atoms with E-state index in [1.807, 2.05) is 11.0 Å². The van der Waals surface area contributed by atoms with Crippen LogP contribution in [0.2, 0.25) is 0 Å². The van der Waals surface area contributed by atoms with E-state index in [1.165, 1.54) is 6.33 Å². The van der Waals surface area contributed by atoms with Crippen LogP contribution in [0.25, 0.3) is 5.52 Å². The van der Waals surface area contributed by atoms with Crippen LogP contribution in [0.4, 0.5) is 19.0 Å². The standard InChI is InChI=1S/C13H15BrF3N5/c14-10-4-8(11-12(18)19-7-20-22(10)11)5-21-3-1-2-9(6-21)13(15,16)17/h4,7,9H,1-3,5-6H2,(H2,18,19,20). The molecular formula is C13H15BrF3N5. The molecule has 0 spiro atoms. The van der Waals surface area contributed by atoms with Crippen molar-refractivity contribution in [1.82, 2.24) is 19.5 Å². The number of hydrogen-bond donors (Lipinski definition) is 1. The van der Waals surface area contributed by atoms with Gasteiger partial charge in [0.15, 0.2) is 5.82 Å². The quantitative estimate of drug-likeness (QED) is 0.873. The van der Waals surface area contributed by atoms with Gasteiger partial charge in [-0.05, 0) is 46.9 Å². The second-order valence-electron chi connectivity index (χ2n) is 5.51. The van der Waals surface area contributed by atoms with Gasteiger partial charge in [0.2, 0.25) is 0 Å². The number of fused-ring (bicyclic) bond motifs is 1. The first kappa shape index (κ1) is 15.5. The highest BCUT2D eigenvalue weighted by molar-refractivity contribution is 9.10. The molecule has 2 aromatic heterocycles. The number of rotatable bonds is 2. The summed E-state index contributed by atoms with van der Waals surface area (Å²) >= 11 is 3.38. The maximum absolute atomic E-state index is 12.9. The number of nitrogen functional groups attached to an aromatic ring is 1. The molecule has 2 aromatic rings. The third-order valence-electron chi connectivity index (χ3n) is 3.98. The van der Waals surface area contributed by atoms with Crippen LogP contribution in [0, 0.1) is 5.92 Å². The molecule has 1 saturated heterocycles. The van der Waals surface area contributed by atoms with Gasteiger partial charge in [0.25, 0.3) is 0 Å². The molecule has 9 heteroatoms. The Hall–Kier alpha value is -1.35. The molecule has 22 heavy (non-hydrogen) atoms. The summed E-state index contributed by atoms with van der Waals surface area (Å²) in [6.07, 6.45) is -2.05. The van der Waals surface area contributed by atoms with Gasteiger partial charge in [-0.2, -0.15) is 18.3 Å². The molecule has 5 nitrogen and oxygen atoms in total. The Kier molecular flexibility index (Phi) is 4.02. The van der Waals surface area contributed by atoms with Crippen molar-refractivity contribution in [2.24, 2.45) is 5.92 Å². The summed E-state index contributed by atoms with van der Waals surface area (Å²) in [5.41, 5.74) is 7.35. The number of hydrogen-bond acceptors (Lipinski definition) is 4. The first-order valence-electron chi connectivity index (χ1n) is 6.92. The lowest BCUT2D eigenvalue weighted by molar-refractivity contribution is -0.187. The molecule has 0 radical (unpaired) electrons. The minimum atomic E-state index is -4.13. The smallest absolute Gasteiger partial charge is 0.382 e. The summed E-state index contributed by atoms with van der Waals surface area (Å²) in [6, 6.07) is 1.83. The Morgan fingerprint density at radius 2 is 2.18 bits per heavy atom. The molecule has 3 rings (SSSR count). The van der Waals surface area contributed by atoms with Crippen molar-refractivity contribution in [3.8, 4) is 0 Å². The van der Waals surface area contributed by atoms with Crippen molar-refractivity contribution >= 4 is 27.3 Å². The minimum absolute atomic E-state index is 0.0199. The fraction of sp³-hybridized carbons (Fsp3) is 0.538. The lowest BCUT2D eigenvalue weighted by Gasteiger charge is -2.33. The average Bonchev–Trinajstić information content (AvgIpc) is 2.76. The van der Waals surface area contributed by atoms with E-state index in [2.05, 4.69) is 26.0 Å². The van der Waals surface area contributed by atoms with Crippen molar-refractivity contribution in [1.29, 1.82) is 0 Å². The van der Waals surface area contributed by atoms with Gasteiger partial charge in [-0.15, -0.1) is 0 Å². The number of nitrogens with zero attached hydrogens (tertiary/aromatic N) is 4. The van der Waals surface area contributed by atoms with Gasteiger partial charge >= 0.3 is 6.18 Å². The largest absolute Gasteiger partial charge is 0.393 e. The highest BCUT2D eigenvalue weighted by Gasteiger charge is 2.41. The Bertz CT molecular complexity index is 684. The maximum Gasteiger partial charge on any atom is 0.393 e. The van der Waals surface area contributed by atoms with E-state index in [4.69, 9.17) is 5.73 Å². The van der Waals surface area contributed by atoms with Gasteiger partial charge < -0.3 is 5.73 Å². The Morgan fingerprint density at radius 3 is 2.91 bits per heavy atom. The summed E-state index contributed by atoms with van der Waals surface area (Å²) in [5, 5.41) is 4.09. The number of nitrogens with two attached hydrogens (primary N) is 1. The van der Waals surface area contributed by atoms with Crippen LogP contribution in [0.3, 0.4) is 0 Å². The van der Waals surface area contributed by atoms with E-state index in [0.717, 1.165) is 5.56 Å². The zero-order valence-electron chi connectivity index (χ0n) is 11.6. The van der Waals surface area contributed by atoms with E-state index in [-0.39, 0.29) is 13.0 Å². The maximum atomic E-state index is 12.9. The monoisotopic (exact) mass is 377 g/mol. The molecule has 2 N–H and O–H groups in total. The fourth-order valence-electron chi connectivity index (χ4n) is 2.93. The molecule has 1 unspecified atom stereocenters. The number of aromatic nitrogens is 3. The van der Waals surface area contributed by atoms with Gasteiger partial charge in [-0.25, -0.2) is 9.50 Å². The molecule has 1 fully saturated rings. The molecule has 0 aliphatic carbocycles. The van der Waals surface area contributed by atoms with Gasteiger partial charge in [-0.1, -0.05) is 0 Å². The van der Waals surface area contributed by atoms with Crippen LogP contribution in [0.1, 0.15) is 18.4 Å². The number of anilines is 1. The summed E-state index contributed by atoms with van der Waals surface area (Å²) in [5.74, 6) is -0.938. The third kappa shape index (κ3) is 2.91. The van der Waals surface area contributed by atoms with Crippen LogP contribution in [-0.4, -0.2) is 38.8 Å². The lowest BCUT2D eigenvalue weighted by atomic mass is 9.97. The molecule has 0 amide bonds. The van der Waals surface area contributed by atoms with Crippen LogP contribution < -0.4 is 5.73 Å². The Balaban J connectivity index is 1.84. The van der Waals surface area contributed by atoms with Gasteiger partial charge in [0, 0.05) is 13.1 Å². The predicted molar refractivity (Wildman–Crippen MR) is 79.2 cm³/mol. The number of alkyl halides is 3.